The Morgan fingerprint density at radius 2 is 2.12 bits per heavy atom. The fourth-order valence-corrected chi connectivity index (χ4v) is 2.57. The van der Waals surface area contributed by atoms with Gasteiger partial charge in [0.05, 0.1) is 0 Å². The van der Waals surface area contributed by atoms with E-state index in [0.717, 1.165) is 25.2 Å². The van der Waals surface area contributed by atoms with Crippen molar-refractivity contribution >= 4 is 5.69 Å². The van der Waals surface area contributed by atoms with Crippen LogP contribution in [-0.2, 0) is 0 Å². The van der Waals surface area contributed by atoms with Gasteiger partial charge in [-0.2, -0.15) is 0 Å². The van der Waals surface area contributed by atoms with Crippen molar-refractivity contribution in [2.45, 2.75) is 33.2 Å². The smallest absolute Gasteiger partial charge is 0.130 e. The van der Waals surface area contributed by atoms with E-state index >= 15 is 0 Å². The minimum absolute atomic E-state index is 0.192. The van der Waals surface area contributed by atoms with Crippen molar-refractivity contribution < 1.29 is 4.39 Å². The lowest BCUT2D eigenvalue weighted by Gasteiger charge is -2.25. The highest BCUT2D eigenvalue weighted by molar-refractivity contribution is 5.56. The summed E-state index contributed by atoms with van der Waals surface area (Å²) in [7, 11) is 0. The number of rotatable bonds is 2. The predicted octanol–water partition coefficient (Wildman–Crippen LogP) is 3.08. The van der Waals surface area contributed by atoms with Gasteiger partial charge in [-0.05, 0) is 30.9 Å². The Hall–Kier alpha value is -1.09. The first kappa shape index (κ1) is 12.4. The molecule has 2 N–H and O–H groups in total. The standard InChI is InChI=1S/C14H21FN2/c1-10(16)13-11(15)5-4-6-12(13)17-8-7-14(2,3)9-17/h4-6,10H,7-9,16H2,1-3H3. The molecule has 1 unspecified atom stereocenters. The van der Waals surface area contributed by atoms with Gasteiger partial charge in [0.15, 0.2) is 0 Å². The number of halogens is 1. The summed E-state index contributed by atoms with van der Waals surface area (Å²) in [4.78, 5) is 2.25. The van der Waals surface area contributed by atoms with Crippen LogP contribution in [0, 0.1) is 11.2 Å². The number of nitrogens with two attached hydrogens (primary N) is 1. The maximum atomic E-state index is 13.8. The molecule has 3 heteroatoms. The summed E-state index contributed by atoms with van der Waals surface area (Å²) in [5.41, 5.74) is 7.80. The minimum atomic E-state index is -0.269. The Morgan fingerprint density at radius 1 is 1.41 bits per heavy atom. The molecule has 2 nitrogen and oxygen atoms in total. The van der Waals surface area contributed by atoms with E-state index in [1.165, 1.54) is 6.07 Å². The van der Waals surface area contributed by atoms with Gasteiger partial charge in [0, 0.05) is 30.4 Å². The third kappa shape index (κ3) is 2.44. The highest BCUT2D eigenvalue weighted by Gasteiger charge is 2.31. The molecule has 2 rings (SSSR count). The number of hydrogen-bond donors (Lipinski definition) is 1. The molecule has 17 heavy (non-hydrogen) atoms. The number of benzene rings is 1. The van der Waals surface area contributed by atoms with Crippen molar-refractivity contribution in [2.24, 2.45) is 11.1 Å². The summed E-state index contributed by atoms with van der Waals surface area (Å²) in [6.45, 7) is 8.28. The van der Waals surface area contributed by atoms with Crippen molar-refractivity contribution in [1.29, 1.82) is 0 Å². The summed E-state index contributed by atoms with van der Waals surface area (Å²) in [5, 5.41) is 0. The molecule has 1 saturated heterocycles. The summed E-state index contributed by atoms with van der Waals surface area (Å²) < 4.78 is 13.8. The fourth-order valence-electron chi connectivity index (χ4n) is 2.57. The quantitative estimate of drug-likeness (QED) is 0.855. The molecule has 1 atom stereocenters. The van der Waals surface area contributed by atoms with Crippen molar-refractivity contribution in [3.63, 3.8) is 0 Å². The van der Waals surface area contributed by atoms with E-state index in [1.807, 2.05) is 13.0 Å². The highest BCUT2D eigenvalue weighted by atomic mass is 19.1. The van der Waals surface area contributed by atoms with Crippen LogP contribution in [0.2, 0.25) is 0 Å². The molecule has 0 aromatic heterocycles. The summed E-state index contributed by atoms with van der Waals surface area (Å²) in [5.74, 6) is -0.192. The maximum absolute atomic E-state index is 13.8. The average molecular weight is 236 g/mol. The first-order valence-corrected chi connectivity index (χ1v) is 6.20. The third-order valence-corrected chi connectivity index (χ3v) is 3.50. The Labute approximate surface area is 103 Å². The van der Waals surface area contributed by atoms with Crippen LogP contribution in [-0.4, -0.2) is 13.1 Å². The number of nitrogens with zero attached hydrogens (tertiary/aromatic N) is 1. The summed E-state index contributed by atoms with van der Waals surface area (Å²) in [6.07, 6.45) is 1.14. The molecule has 0 radical (unpaired) electrons. The molecule has 94 valence electrons. The van der Waals surface area contributed by atoms with E-state index in [9.17, 15) is 4.39 Å². The first-order chi connectivity index (χ1) is 7.91. The van der Waals surface area contributed by atoms with E-state index in [0.29, 0.717) is 11.0 Å². The van der Waals surface area contributed by atoms with Gasteiger partial charge in [-0.15, -0.1) is 0 Å². The van der Waals surface area contributed by atoms with Crippen LogP contribution in [0.15, 0.2) is 18.2 Å². The van der Waals surface area contributed by atoms with Crippen molar-refractivity contribution in [3.8, 4) is 0 Å². The molecule has 0 aliphatic carbocycles. The van der Waals surface area contributed by atoms with Gasteiger partial charge in [0.1, 0.15) is 5.82 Å². The topological polar surface area (TPSA) is 29.3 Å². The molecule has 0 spiro atoms. The summed E-state index contributed by atoms with van der Waals surface area (Å²) in [6, 6.07) is 4.96. The second kappa shape index (κ2) is 4.30. The van der Waals surface area contributed by atoms with Crippen LogP contribution in [0.3, 0.4) is 0 Å². The molecular weight excluding hydrogens is 215 g/mol. The van der Waals surface area contributed by atoms with Gasteiger partial charge < -0.3 is 10.6 Å². The Bertz CT molecular complexity index is 413. The average Bonchev–Trinajstić information content (AvgIpc) is 2.57. The van der Waals surface area contributed by atoms with Gasteiger partial charge >= 0.3 is 0 Å². The zero-order valence-corrected chi connectivity index (χ0v) is 10.8. The molecule has 1 aliphatic rings. The highest BCUT2D eigenvalue weighted by Crippen LogP contribution is 2.36. The van der Waals surface area contributed by atoms with Gasteiger partial charge in [0.2, 0.25) is 0 Å². The lowest BCUT2D eigenvalue weighted by molar-refractivity contribution is 0.418. The molecule has 1 aromatic rings. The Morgan fingerprint density at radius 3 is 2.65 bits per heavy atom. The molecule has 1 aliphatic heterocycles. The van der Waals surface area contributed by atoms with Crippen LogP contribution in [0.5, 0.6) is 0 Å². The second-order valence-electron chi connectivity index (χ2n) is 5.80. The molecule has 1 aromatic carbocycles. The lowest BCUT2D eigenvalue weighted by atomic mass is 9.93. The van der Waals surface area contributed by atoms with Crippen LogP contribution >= 0.6 is 0 Å². The fraction of sp³-hybridized carbons (Fsp3) is 0.571. The zero-order chi connectivity index (χ0) is 12.6. The lowest BCUT2D eigenvalue weighted by Crippen LogP contribution is -2.25. The van der Waals surface area contributed by atoms with Gasteiger partial charge in [-0.25, -0.2) is 4.39 Å². The molecule has 0 bridgehead atoms. The normalized spacial score (nSPS) is 20.6. The van der Waals surface area contributed by atoms with E-state index in [1.54, 1.807) is 6.07 Å². The molecule has 0 amide bonds. The van der Waals surface area contributed by atoms with E-state index in [4.69, 9.17) is 5.73 Å². The largest absolute Gasteiger partial charge is 0.371 e. The van der Waals surface area contributed by atoms with E-state index < -0.39 is 0 Å². The Balaban J connectivity index is 2.36. The second-order valence-corrected chi connectivity index (χ2v) is 5.80. The van der Waals surface area contributed by atoms with Crippen molar-refractivity contribution in [2.75, 3.05) is 18.0 Å². The van der Waals surface area contributed by atoms with Crippen LogP contribution < -0.4 is 10.6 Å². The van der Waals surface area contributed by atoms with Crippen LogP contribution in [0.4, 0.5) is 10.1 Å². The van der Waals surface area contributed by atoms with Crippen LogP contribution in [0.25, 0.3) is 0 Å². The van der Waals surface area contributed by atoms with Gasteiger partial charge in [-0.3, -0.25) is 0 Å². The van der Waals surface area contributed by atoms with Crippen molar-refractivity contribution in [3.05, 3.63) is 29.6 Å². The Kier molecular flexibility index (Phi) is 3.13. The maximum Gasteiger partial charge on any atom is 0.130 e. The van der Waals surface area contributed by atoms with Gasteiger partial charge in [0.25, 0.3) is 0 Å². The molecular formula is C14H21FN2. The zero-order valence-electron chi connectivity index (χ0n) is 10.8. The third-order valence-electron chi connectivity index (χ3n) is 3.50. The van der Waals surface area contributed by atoms with E-state index in [-0.39, 0.29) is 11.9 Å². The monoisotopic (exact) mass is 236 g/mol. The van der Waals surface area contributed by atoms with Crippen molar-refractivity contribution in [1.82, 2.24) is 0 Å². The van der Waals surface area contributed by atoms with Gasteiger partial charge in [-0.1, -0.05) is 19.9 Å². The molecule has 1 heterocycles. The SMILES string of the molecule is CC(N)c1c(F)cccc1N1CCC(C)(C)C1. The molecule has 1 fully saturated rings. The van der Waals surface area contributed by atoms with E-state index in [2.05, 4.69) is 18.7 Å². The summed E-state index contributed by atoms with van der Waals surface area (Å²) >= 11 is 0. The predicted molar refractivity (Wildman–Crippen MR) is 69.6 cm³/mol. The van der Waals surface area contributed by atoms with Crippen LogP contribution in [0.1, 0.15) is 38.8 Å². The first-order valence-electron chi connectivity index (χ1n) is 6.20. The number of anilines is 1. The molecule has 0 saturated carbocycles. The minimum Gasteiger partial charge on any atom is -0.371 e. The number of hydrogen-bond acceptors (Lipinski definition) is 2.